The van der Waals surface area contributed by atoms with E-state index < -0.39 is 0 Å². The van der Waals surface area contributed by atoms with Crippen molar-refractivity contribution in [2.24, 2.45) is 0 Å². The molecular formula is C16H15N3. The van der Waals surface area contributed by atoms with Gasteiger partial charge in [0.05, 0.1) is 6.04 Å². The molecular weight excluding hydrogens is 234 g/mol. The summed E-state index contributed by atoms with van der Waals surface area (Å²) < 4.78 is 2.00. The fraction of sp³-hybridized carbons (Fsp3) is 0.125. The van der Waals surface area contributed by atoms with Gasteiger partial charge in [0, 0.05) is 0 Å². The molecule has 0 aliphatic carbocycles. The van der Waals surface area contributed by atoms with Crippen LogP contribution in [0.15, 0.2) is 67.3 Å². The molecule has 0 spiro atoms. The quantitative estimate of drug-likeness (QED) is 0.710. The Hall–Kier alpha value is -2.42. The van der Waals surface area contributed by atoms with Crippen LogP contribution in [0.5, 0.6) is 0 Å². The average Bonchev–Trinajstić information content (AvgIpc) is 3.02. The maximum absolute atomic E-state index is 3.85. The summed E-state index contributed by atoms with van der Waals surface area (Å²) in [6.07, 6.45) is 3.49. The number of hydrogen-bond donors (Lipinski definition) is 0. The highest BCUT2D eigenvalue weighted by Gasteiger charge is 2.07. The molecule has 19 heavy (non-hydrogen) atoms. The van der Waals surface area contributed by atoms with Gasteiger partial charge in [0.15, 0.2) is 0 Å². The van der Waals surface area contributed by atoms with Crippen LogP contribution in [0.1, 0.15) is 18.5 Å². The van der Waals surface area contributed by atoms with Crippen molar-refractivity contribution >= 4 is 0 Å². The van der Waals surface area contributed by atoms with Gasteiger partial charge in [-0.2, -0.15) is 0 Å². The van der Waals surface area contributed by atoms with E-state index in [1.54, 1.807) is 12.7 Å². The molecule has 1 aromatic heterocycles. The number of nitrogens with zero attached hydrogens (tertiary/aromatic N) is 3. The Balaban J connectivity index is 1.87. The third-order valence-electron chi connectivity index (χ3n) is 3.38. The largest absolute Gasteiger partial charge is 0.313 e. The first-order valence-electron chi connectivity index (χ1n) is 6.34. The third kappa shape index (κ3) is 2.40. The molecule has 0 saturated carbocycles. The van der Waals surface area contributed by atoms with Crippen LogP contribution < -0.4 is 0 Å². The number of hydrogen-bond acceptors (Lipinski definition) is 2. The maximum atomic E-state index is 3.85. The van der Waals surface area contributed by atoms with Gasteiger partial charge in [0.1, 0.15) is 12.7 Å². The lowest BCUT2D eigenvalue weighted by atomic mass is 10.0. The average molecular weight is 249 g/mol. The first kappa shape index (κ1) is 11.7. The van der Waals surface area contributed by atoms with Crippen molar-refractivity contribution in [3.63, 3.8) is 0 Å². The molecule has 1 atom stereocenters. The van der Waals surface area contributed by atoms with Crippen molar-refractivity contribution in [1.82, 2.24) is 14.8 Å². The fourth-order valence-corrected chi connectivity index (χ4v) is 2.17. The van der Waals surface area contributed by atoms with E-state index in [0.29, 0.717) is 0 Å². The van der Waals surface area contributed by atoms with Gasteiger partial charge in [-0.25, -0.2) is 0 Å². The molecule has 0 saturated heterocycles. The second-order valence-corrected chi connectivity index (χ2v) is 4.57. The van der Waals surface area contributed by atoms with Crippen LogP contribution in [0.3, 0.4) is 0 Å². The van der Waals surface area contributed by atoms with Gasteiger partial charge in [-0.05, 0) is 23.6 Å². The molecule has 3 nitrogen and oxygen atoms in total. The van der Waals surface area contributed by atoms with E-state index >= 15 is 0 Å². The lowest BCUT2D eigenvalue weighted by molar-refractivity contribution is 0.636. The second kappa shape index (κ2) is 5.06. The zero-order valence-electron chi connectivity index (χ0n) is 10.8. The molecule has 0 N–H and O–H groups in total. The molecule has 0 bridgehead atoms. The first-order valence-corrected chi connectivity index (χ1v) is 6.34. The Morgan fingerprint density at radius 2 is 1.37 bits per heavy atom. The van der Waals surface area contributed by atoms with Gasteiger partial charge < -0.3 is 4.57 Å². The standard InChI is InChI=1S/C16H15N3/c1-13(19-11-17-18-12-19)14-7-9-16(10-8-14)15-5-3-2-4-6-15/h2-13H,1H3. The van der Waals surface area contributed by atoms with E-state index in [4.69, 9.17) is 0 Å². The minimum Gasteiger partial charge on any atom is -0.313 e. The molecule has 94 valence electrons. The Bertz CT molecular complexity index is 628. The van der Waals surface area contributed by atoms with Crippen molar-refractivity contribution in [2.45, 2.75) is 13.0 Å². The van der Waals surface area contributed by atoms with Gasteiger partial charge in [-0.1, -0.05) is 54.6 Å². The van der Waals surface area contributed by atoms with Crippen molar-refractivity contribution < 1.29 is 0 Å². The fourth-order valence-electron chi connectivity index (χ4n) is 2.17. The van der Waals surface area contributed by atoms with Crippen molar-refractivity contribution in [1.29, 1.82) is 0 Å². The highest BCUT2D eigenvalue weighted by molar-refractivity contribution is 5.63. The van der Waals surface area contributed by atoms with Crippen LogP contribution in [0.4, 0.5) is 0 Å². The Morgan fingerprint density at radius 3 is 2.00 bits per heavy atom. The summed E-state index contributed by atoms with van der Waals surface area (Å²) in [4.78, 5) is 0. The van der Waals surface area contributed by atoms with Crippen LogP contribution in [0, 0.1) is 0 Å². The van der Waals surface area contributed by atoms with Gasteiger partial charge in [0.25, 0.3) is 0 Å². The molecule has 1 unspecified atom stereocenters. The van der Waals surface area contributed by atoms with E-state index in [1.165, 1.54) is 16.7 Å². The Kier molecular flexibility index (Phi) is 3.11. The topological polar surface area (TPSA) is 30.7 Å². The monoisotopic (exact) mass is 249 g/mol. The predicted molar refractivity (Wildman–Crippen MR) is 75.7 cm³/mol. The number of rotatable bonds is 3. The maximum Gasteiger partial charge on any atom is 0.119 e. The molecule has 0 aliphatic rings. The van der Waals surface area contributed by atoms with E-state index in [-0.39, 0.29) is 6.04 Å². The highest BCUT2D eigenvalue weighted by Crippen LogP contribution is 2.23. The molecule has 3 heteroatoms. The van der Waals surface area contributed by atoms with E-state index in [1.807, 2.05) is 10.6 Å². The van der Waals surface area contributed by atoms with Gasteiger partial charge in [0.2, 0.25) is 0 Å². The van der Waals surface area contributed by atoms with Crippen molar-refractivity contribution in [2.75, 3.05) is 0 Å². The second-order valence-electron chi connectivity index (χ2n) is 4.57. The predicted octanol–water partition coefficient (Wildman–Crippen LogP) is 3.55. The molecule has 0 aliphatic heterocycles. The van der Waals surface area contributed by atoms with Gasteiger partial charge in [-0.3, -0.25) is 0 Å². The SMILES string of the molecule is CC(c1ccc(-c2ccccc2)cc1)n1cnnc1. The zero-order valence-corrected chi connectivity index (χ0v) is 10.8. The van der Waals surface area contributed by atoms with Crippen LogP contribution in [-0.2, 0) is 0 Å². The van der Waals surface area contributed by atoms with E-state index in [2.05, 4.69) is 65.7 Å². The van der Waals surface area contributed by atoms with Crippen LogP contribution in [0.25, 0.3) is 11.1 Å². The molecule has 3 aromatic rings. The summed E-state index contributed by atoms with van der Waals surface area (Å²) in [5, 5.41) is 7.69. The summed E-state index contributed by atoms with van der Waals surface area (Å²) in [5.74, 6) is 0. The zero-order chi connectivity index (χ0) is 13.1. The van der Waals surface area contributed by atoms with Crippen molar-refractivity contribution in [3.8, 4) is 11.1 Å². The molecule has 2 aromatic carbocycles. The molecule has 0 amide bonds. The highest BCUT2D eigenvalue weighted by atomic mass is 15.2. The summed E-state index contributed by atoms with van der Waals surface area (Å²) >= 11 is 0. The van der Waals surface area contributed by atoms with Crippen LogP contribution >= 0.6 is 0 Å². The summed E-state index contributed by atoms with van der Waals surface area (Å²) in [7, 11) is 0. The molecule has 3 rings (SSSR count). The van der Waals surface area contributed by atoms with Gasteiger partial charge in [-0.15, -0.1) is 10.2 Å². The van der Waals surface area contributed by atoms with Crippen molar-refractivity contribution in [3.05, 3.63) is 72.8 Å². The Labute approximate surface area is 112 Å². The lowest BCUT2D eigenvalue weighted by Gasteiger charge is -2.13. The Morgan fingerprint density at radius 1 is 0.789 bits per heavy atom. The molecule has 0 fully saturated rings. The van der Waals surface area contributed by atoms with E-state index in [0.717, 1.165) is 0 Å². The van der Waals surface area contributed by atoms with Crippen LogP contribution in [0.2, 0.25) is 0 Å². The molecule has 1 heterocycles. The minimum atomic E-state index is 0.250. The van der Waals surface area contributed by atoms with Crippen LogP contribution in [-0.4, -0.2) is 14.8 Å². The number of benzene rings is 2. The first-order chi connectivity index (χ1) is 9.34. The summed E-state index contributed by atoms with van der Waals surface area (Å²) in [5.41, 5.74) is 3.73. The van der Waals surface area contributed by atoms with Gasteiger partial charge >= 0.3 is 0 Å². The number of aromatic nitrogens is 3. The normalized spacial score (nSPS) is 12.3. The summed E-state index contributed by atoms with van der Waals surface area (Å²) in [6.45, 7) is 2.14. The molecule has 0 radical (unpaired) electrons. The lowest BCUT2D eigenvalue weighted by Crippen LogP contribution is -2.03. The van der Waals surface area contributed by atoms with E-state index in [9.17, 15) is 0 Å². The minimum absolute atomic E-state index is 0.250. The third-order valence-corrected chi connectivity index (χ3v) is 3.38. The smallest absolute Gasteiger partial charge is 0.119 e. The summed E-state index contributed by atoms with van der Waals surface area (Å²) in [6, 6.07) is 19.3.